The third-order valence-electron chi connectivity index (χ3n) is 5.06. The van der Waals surface area contributed by atoms with Gasteiger partial charge in [0.2, 0.25) is 0 Å². The number of carbonyl (C=O) groups is 1. The number of nitrogens with zero attached hydrogens (tertiary/aromatic N) is 2. The van der Waals surface area contributed by atoms with E-state index in [1.54, 1.807) is 4.90 Å². The molecule has 2 aliphatic rings. The van der Waals surface area contributed by atoms with Gasteiger partial charge in [0.25, 0.3) is 0 Å². The number of nitrogens with one attached hydrogen (secondary N) is 1. The van der Waals surface area contributed by atoms with Crippen molar-refractivity contribution in [3.05, 3.63) is 30.1 Å². The third kappa shape index (κ3) is 4.22. The summed E-state index contributed by atoms with van der Waals surface area (Å²) in [6.45, 7) is 2.34. The Morgan fingerprint density at radius 2 is 2.22 bits per heavy atom. The van der Waals surface area contributed by atoms with E-state index in [1.165, 1.54) is 25.7 Å². The lowest BCUT2D eigenvalue weighted by atomic mass is 9.95. The van der Waals surface area contributed by atoms with Gasteiger partial charge in [-0.1, -0.05) is 18.9 Å². The Bertz CT molecular complexity index is 496. The SMILES string of the molecule is CN(C[C@@H]1CCOC1)C(=O)N[C@H](c1ccccn1)C1CCCC1. The standard InChI is InChI=1S/C18H27N3O2/c1-21(12-14-9-11-23-13-14)18(22)20-17(15-6-2-3-7-15)16-8-4-5-10-19-16/h4-5,8,10,14-15,17H,2-3,6-7,9,11-13H2,1H3,(H,20,22)/t14-,17-/m0/s1. The van der Waals surface area contributed by atoms with Gasteiger partial charge in [-0.2, -0.15) is 0 Å². The van der Waals surface area contributed by atoms with E-state index < -0.39 is 0 Å². The maximum absolute atomic E-state index is 12.6. The van der Waals surface area contributed by atoms with E-state index in [0.29, 0.717) is 11.8 Å². The summed E-state index contributed by atoms with van der Waals surface area (Å²) in [5.41, 5.74) is 0.977. The molecule has 0 radical (unpaired) electrons. The van der Waals surface area contributed by atoms with Crippen LogP contribution < -0.4 is 5.32 Å². The summed E-state index contributed by atoms with van der Waals surface area (Å²) >= 11 is 0. The van der Waals surface area contributed by atoms with Crippen molar-refractivity contribution in [1.29, 1.82) is 0 Å². The van der Waals surface area contributed by atoms with Crippen LogP contribution in [0.1, 0.15) is 43.8 Å². The smallest absolute Gasteiger partial charge is 0.317 e. The maximum Gasteiger partial charge on any atom is 0.317 e. The first-order valence-corrected chi connectivity index (χ1v) is 8.74. The van der Waals surface area contributed by atoms with Crippen molar-refractivity contribution in [1.82, 2.24) is 15.2 Å². The second-order valence-corrected chi connectivity index (χ2v) is 6.84. The monoisotopic (exact) mass is 317 g/mol. The summed E-state index contributed by atoms with van der Waals surface area (Å²) in [5, 5.41) is 3.23. The molecule has 1 saturated heterocycles. The number of pyridine rings is 1. The Balaban J connectivity index is 1.63. The molecule has 2 amide bonds. The average molecular weight is 317 g/mol. The molecule has 0 bridgehead atoms. The van der Waals surface area contributed by atoms with E-state index in [9.17, 15) is 4.79 Å². The van der Waals surface area contributed by atoms with Crippen LogP contribution in [0.25, 0.3) is 0 Å². The van der Waals surface area contributed by atoms with Crippen LogP contribution in [-0.2, 0) is 4.74 Å². The van der Waals surface area contributed by atoms with E-state index in [-0.39, 0.29) is 12.1 Å². The van der Waals surface area contributed by atoms with Crippen LogP contribution >= 0.6 is 0 Å². The lowest BCUT2D eigenvalue weighted by molar-refractivity contribution is 0.168. The fourth-order valence-corrected chi connectivity index (χ4v) is 3.72. The molecule has 1 aromatic rings. The molecule has 126 valence electrons. The first kappa shape index (κ1) is 16.2. The van der Waals surface area contributed by atoms with E-state index in [4.69, 9.17) is 4.74 Å². The molecule has 3 rings (SSSR count). The van der Waals surface area contributed by atoms with Gasteiger partial charge in [-0.05, 0) is 37.3 Å². The highest BCUT2D eigenvalue weighted by Crippen LogP contribution is 2.35. The van der Waals surface area contributed by atoms with E-state index in [1.807, 2.05) is 31.4 Å². The van der Waals surface area contributed by atoms with Gasteiger partial charge in [0.1, 0.15) is 0 Å². The number of ether oxygens (including phenoxy) is 1. The zero-order chi connectivity index (χ0) is 16.1. The molecular weight excluding hydrogens is 290 g/mol. The summed E-state index contributed by atoms with van der Waals surface area (Å²) < 4.78 is 5.40. The molecule has 0 unspecified atom stereocenters. The molecule has 0 aromatic carbocycles. The summed E-state index contributed by atoms with van der Waals surface area (Å²) in [7, 11) is 1.87. The molecule has 1 aromatic heterocycles. The number of hydrogen-bond acceptors (Lipinski definition) is 3. The molecule has 1 saturated carbocycles. The average Bonchev–Trinajstić information content (AvgIpc) is 3.26. The van der Waals surface area contributed by atoms with Crippen molar-refractivity contribution >= 4 is 6.03 Å². The molecule has 0 spiro atoms. The minimum absolute atomic E-state index is 0.000506. The van der Waals surface area contributed by atoms with Crippen molar-refractivity contribution < 1.29 is 9.53 Å². The molecule has 2 heterocycles. The van der Waals surface area contributed by atoms with Crippen LogP contribution in [0, 0.1) is 11.8 Å². The number of urea groups is 1. The van der Waals surface area contributed by atoms with Gasteiger partial charge in [0.15, 0.2) is 0 Å². The first-order chi connectivity index (χ1) is 11.2. The second kappa shape index (κ2) is 7.77. The fraction of sp³-hybridized carbons (Fsp3) is 0.667. The highest BCUT2D eigenvalue weighted by Gasteiger charge is 2.30. The van der Waals surface area contributed by atoms with Crippen LogP contribution in [0.2, 0.25) is 0 Å². The Kier molecular flexibility index (Phi) is 5.49. The van der Waals surface area contributed by atoms with Gasteiger partial charge in [-0.3, -0.25) is 4.98 Å². The highest BCUT2D eigenvalue weighted by molar-refractivity contribution is 5.74. The number of aromatic nitrogens is 1. The minimum atomic E-state index is -0.000506. The Hall–Kier alpha value is -1.62. The third-order valence-corrected chi connectivity index (χ3v) is 5.06. The predicted octanol–water partition coefficient (Wildman–Crippen LogP) is 2.99. The number of rotatable bonds is 5. The maximum atomic E-state index is 12.6. The highest BCUT2D eigenvalue weighted by atomic mass is 16.5. The van der Waals surface area contributed by atoms with Gasteiger partial charge in [-0.25, -0.2) is 4.79 Å². The summed E-state index contributed by atoms with van der Waals surface area (Å²) in [4.78, 5) is 18.9. The van der Waals surface area contributed by atoms with E-state index in [0.717, 1.165) is 31.9 Å². The van der Waals surface area contributed by atoms with Gasteiger partial charge >= 0.3 is 6.03 Å². The first-order valence-electron chi connectivity index (χ1n) is 8.74. The summed E-state index contributed by atoms with van der Waals surface area (Å²) in [5.74, 6) is 0.961. The lowest BCUT2D eigenvalue weighted by Crippen LogP contribution is -2.43. The van der Waals surface area contributed by atoms with Crippen molar-refractivity contribution in [3.63, 3.8) is 0 Å². The fourth-order valence-electron chi connectivity index (χ4n) is 3.72. The van der Waals surface area contributed by atoms with Crippen molar-refractivity contribution in [2.24, 2.45) is 11.8 Å². The summed E-state index contributed by atoms with van der Waals surface area (Å²) in [6, 6.07) is 5.96. The minimum Gasteiger partial charge on any atom is -0.381 e. The van der Waals surface area contributed by atoms with Crippen LogP contribution in [0.15, 0.2) is 24.4 Å². The van der Waals surface area contributed by atoms with Gasteiger partial charge < -0.3 is 15.0 Å². The molecule has 2 atom stereocenters. The lowest BCUT2D eigenvalue weighted by Gasteiger charge is -2.28. The molecule has 1 N–H and O–H groups in total. The topological polar surface area (TPSA) is 54.5 Å². The normalized spacial score (nSPS) is 22.9. The van der Waals surface area contributed by atoms with Crippen molar-refractivity contribution in [2.45, 2.75) is 38.1 Å². The molecule has 1 aliphatic heterocycles. The zero-order valence-electron chi connectivity index (χ0n) is 13.9. The quantitative estimate of drug-likeness (QED) is 0.908. The van der Waals surface area contributed by atoms with Crippen molar-refractivity contribution in [2.75, 3.05) is 26.8 Å². The Morgan fingerprint density at radius 1 is 1.39 bits per heavy atom. The Morgan fingerprint density at radius 3 is 2.87 bits per heavy atom. The van der Waals surface area contributed by atoms with Gasteiger partial charge in [0.05, 0.1) is 18.3 Å². The molecule has 1 aliphatic carbocycles. The molecule has 2 fully saturated rings. The molecule has 5 nitrogen and oxygen atoms in total. The Labute approximate surface area is 138 Å². The number of hydrogen-bond donors (Lipinski definition) is 1. The van der Waals surface area contributed by atoms with Crippen molar-refractivity contribution in [3.8, 4) is 0 Å². The van der Waals surface area contributed by atoms with E-state index in [2.05, 4.69) is 10.3 Å². The zero-order valence-corrected chi connectivity index (χ0v) is 13.9. The largest absolute Gasteiger partial charge is 0.381 e. The van der Waals surface area contributed by atoms with Gasteiger partial charge in [-0.15, -0.1) is 0 Å². The number of amides is 2. The van der Waals surface area contributed by atoms with Crippen LogP contribution in [0.4, 0.5) is 4.79 Å². The molecular formula is C18H27N3O2. The summed E-state index contributed by atoms with van der Waals surface area (Å²) in [6.07, 6.45) is 7.69. The van der Waals surface area contributed by atoms with Crippen LogP contribution in [-0.4, -0.2) is 42.7 Å². The van der Waals surface area contributed by atoms with Crippen LogP contribution in [0.5, 0.6) is 0 Å². The molecule has 23 heavy (non-hydrogen) atoms. The van der Waals surface area contributed by atoms with E-state index >= 15 is 0 Å². The van der Waals surface area contributed by atoms with Gasteiger partial charge in [0, 0.05) is 32.3 Å². The number of carbonyl (C=O) groups excluding carboxylic acids is 1. The predicted molar refractivity (Wildman–Crippen MR) is 89.0 cm³/mol. The second-order valence-electron chi connectivity index (χ2n) is 6.84. The molecule has 5 heteroatoms. The van der Waals surface area contributed by atoms with Crippen LogP contribution in [0.3, 0.4) is 0 Å².